The lowest BCUT2D eigenvalue weighted by Gasteiger charge is -2.18. The van der Waals surface area contributed by atoms with Crippen LogP contribution in [0.15, 0.2) is 28.0 Å². The van der Waals surface area contributed by atoms with Gasteiger partial charge in [-0.15, -0.1) is 0 Å². The van der Waals surface area contributed by atoms with Crippen LogP contribution in [0, 0.1) is 13.8 Å². The molecular formula is C15H19Cl2N3O4S2. The van der Waals surface area contributed by atoms with E-state index in [2.05, 4.69) is 5.10 Å². The summed E-state index contributed by atoms with van der Waals surface area (Å²) in [6, 6.07) is 3.85. The number of aryl methyl sites for hydroxylation is 1. The molecule has 144 valence electrons. The van der Waals surface area contributed by atoms with Crippen LogP contribution >= 0.6 is 23.2 Å². The van der Waals surface area contributed by atoms with Crippen LogP contribution in [0.5, 0.6) is 0 Å². The number of nitrogens with zero attached hydrogens (tertiary/aromatic N) is 3. The molecule has 26 heavy (non-hydrogen) atoms. The van der Waals surface area contributed by atoms with Crippen LogP contribution in [0.3, 0.4) is 0 Å². The Morgan fingerprint density at radius 3 is 2.12 bits per heavy atom. The smallest absolute Gasteiger partial charge is 0.207 e. The summed E-state index contributed by atoms with van der Waals surface area (Å²) in [5.41, 5.74) is 0.124. The third kappa shape index (κ3) is 3.50. The molecular weight excluding hydrogens is 421 g/mol. The molecule has 2 aromatic rings. The van der Waals surface area contributed by atoms with Gasteiger partial charge in [-0.05, 0) is 32.0 Å². The Labute approximate surface area is 163 Å². The number of hydrogen-bond acceptors (Lipinski definition) is 5. The minimum atomic E-state index is -4.13. The number of halogens is 2. The van der Waals surface area contributed by atoms with Gasteiger partial charge < -0.3 is 0 Å². The summed E-state index contributed by atoms with van der Waals surface area (Å²) in [6.45, 7) is 6.83. The topological polar surface area (TPSA) is 89.3 Å². The predicted molar refractivity (Wildman–Crippen MR) is 101 cm³/mol. The molecule has 0 bridgehead atoms. The minimum Gasteiger partial charge on any atom is -0.207 e. The number of rotatable bonds is 6. The molecule has 0 aliphatic carbocycles. The van der Waals surface area contributed by atoms with Gasteiger partial charge in [-0.1, -0.05) is 37.0 Å². The molecule has 0 N–H and O–H groups in total. The number of sulfonamides is 1. The maximum absolute atomic E-state index is 12.9. The van der Waals surface area contributed by atoms with Crippen molar-refractivity contribution in [2.75, 3.05) is 13.1 Å². The highest BCUT2D eigenvalue weighted by Gasteiger charge is 2.32. The number of aromatic nitrogens is 2. The molecule has 0 saturated heterocycles. The van der Waals surface area contributed by atoms with Crippen LogP contribution in [0.2, 0.25) is 10.0 Å². The first-order valence-electron chi connectivity index (χ1n) is 7.75. The van der Waals surface area contributed by atoms with E-state index in [0.29, 0.717) is 0 Å². The summed E-state index contributed by atoms with van der Waals surface area (Å²) >= 11 is 11.7. The van der Waals surface area contributed by atoms with Crippen molar-refractivity contribution in [1.29, 1.82) is 0 Å². The second-order valence-corrected chi connectivity index (χ2v) is 9.97. The molecule has 0 atom stereocenters. The van der Waals surface area contributed by atoms with Gasteiger partial charge in [0.1, 0.15) is 4.90 Å². The van der Waals surface area contributed by atoms with Crippen LogP contribution in [0.4, 0.5) is 0 Å². The summed E-state index contributed by atoms with van der Waals surface area (Å²) in [6.07, 6.45) is 0. The molecule has 0 radical (unpaired) electrons. The van der Waals surface area contributed by atoms with Gasteiger partial charge in [0.25, 0.3) is 10.0 Å². The van der Waals surface area contributed by atoms with Crippen LogP contribution in [0.25, 0.3) is 0 Å². The third-order valence-corrected chi connectivity index (χ3v) is 8.61. The highest BCUT2D eigenvalue weighted by Crippen LogP contribution is 2.29. The molecule has 0 fully saturated rings. The van der Waals surface area contributed by atoms with Gasteiger partial charge in [-0.25, -0.2) is 8.42 Å². The van der Waals surface area contributed by atoms with Crippen molar-refractivity contribution in [3.8, 4) is 0 Å². The van der Waals surface area contributed by atoms with Gasteiger partial charge in [-0.2, -0.15) is 21.9 Å². The van der Waals surface area contributed by atoms with Crippen molar-refractivity contribution in [3.63, 3.8) is 0 Å². The van der Waals surface area contributed by atoms with E-state index < -0.39 is 20.0 Å². The molecule has 0 unspecified atom stereocenters. The number of benzene rings is 1. The quantitative estimate of drug-likeness (QED) is 0.689. The van der Waals surface area contributed by atoms with Crippen molar-refractivity contribution >= 4 is 43.2 Å². The van der Waals surface area contributed by atoms with Gasteiger partial charge in [-0.3, -0.25) is 0 Å². The zero-order valence-electron chi connectivity index (χ0n) is 14.7. The zero-order chi connectivity index (χ0) is 19.9. The van der Waals surface area contributed by atoms with E-state index in [4.69, 9.17) is 23.2 Å². The Hall–Kier alpha value is -1.13. The first-order valence-corrected chi connectivity index (χ1v) is 11.4. The molecule has 2 rings (SSSR count). The average Bonchev–Trinajstić information content (AvgIpc) is 2.86. The molecule has 11 heteroatoms. The molecule has 0 amide bonds. The summed E-state index contributed by atoms with van der Waals surface area (Å²) in [5.74, 6) is 0. The Kier molecular flexibility index (Phi) is 6.09. The Morgan fingerprint density at radius 1 is 1.04 bits per heavy atom. The van der Waals surface area contributed by atoms with Crippen molar-refractivity contribution in [1.82, 2.24) is 13.5 Å². The maximum Gasteiger partial charge on any atom is 0.283 e. The van der Waals surface area contributed by atoms with E-state index in [0.717, 1.165) is 4.09 Å². The fourth-order valence-electron chi connectivity index (χ4n) is 2.64. The van der Waals surface area contributed by atoms with E-state index in [1.807, 2.05) is 0 Å². The van der Waals surface area contributed by atoms with Crippen LogP contribution in [-0.4, -0.2) is 43.4 Å². The van der Waals surface area contributed by atoms with Crippen LogP contribution < -0.4 is 0 Å². The number of hydrogen-bond donors (Lipinski definition) is 0. The molecule has 0 spiro atoms. The van der Waals surface area contributed by atoms with E-state index in [1.54, 1.807) is 13.8 Å². The van der Waals surface area contributed by atoms with Gasteiger partial charge in [0, 0.05) is 13.1 Å². The molecule has 1 aromatic heterocycles. The van der Waals surface area contributed by atoms with E-state index in [-0.39, 0.29) is 44.3 Å². The molecule has 1 aromatic carbocycles. The first-order chi connectivity index (χ1) is 12.0. The van der Waals surface area contributed by atoms with Gasteiger partial charge >= 0.3 is 0 Å². The van der Waals surface area contributed by atoms with Gasteiger partial charge in [0.05, 0.1) is 26.3 Å². The monoisotopic (exact) mass is 439 g/mol. The predicted octanol–water partition coefficient (Wildman–Crippen LogP) is 3.07. The lowest BCUT2D eigenvalue weighted by atomic mass is 10.4. The fraction of sp³-hybridized carbons (Fsp3) is 0.400. The summed E-state index contributed by atoms with van der Waals surface area (Å²) in [5, 5.41) is 4.26. The maximum atomic E-state index is 12.9. The zero-order valence-corrected chi connectivity index (χ0v) is 17.8. The third-order valence-electron chi connectivity index (χ3n) is 3.90. The van der Waals surface area contributed by atoms with Crippen molar-refractivity contribution in [2.45, 2.75) is 37.5 Å². The first kappa shape index (κ1) is 21.2. The fourth-order valence-corrected chi connectivity index (χ4v) is 6.26. The molecule has 0 saturated carbocycles. The van der Waals surface area contributed by atoms with Crippen molar-refractivity contribution in [2.24, 2.45) is 0 Å². The molecule has 1 heterocycles. The highest BCUT2D eigenvalue weighted by atomic mass is 35.5. The normalized spacial score (nSPS) is 12.7. The largest absolute Gasteiger partial charge is 0.283 e. The SMILES string of the molecule is CCN(CC)S(=O)(=O)c1c(C)nn(S(=O)(=O)c2ccc(Cl)c(Cl)c2)c1C. The lowest BCUT2D eigenvalue weighted by Crippen LogP contribution is -2.31. The van der Waals surface area contributed by atoms with E-state index >= 15 is 0 Å². The van der Waals surface area contributed by atoms with Gasteiger partial charge in [0.15, 0.2) is 0 Å². The Bertz CT molecular complexity index is 1040. The van der Waals surface area contributed by atoms with Crippen LogP contribution in [-0.2, 0) is 20.0 Å². The highest BCUT2D eigenvalue weighted by molar-refractivity contribution is 7.90. The molecule has 0 aliphatic rings. The van der Waals surface area contributed by atoms with Crippen LogP contribution in [0.1, 0.15) is 25.2 Å². The summed E-state index contributed by atoms with van der Waals surface area (Å²) < 4.78 is 53.5. The minimum absolute atomic E-state index is 0.0143. The standard InChI is InChI=1S/C15H19Cl2N3O4S2/c1-5-19(6-2)26(23,24)15-10(3)18-20(11(15)4)25(21,22)12-7-8-13(16)14(17)9-12/h7-9H,5-6H2,1-4H3. The Balaban J connectivity index is 2.69. The molecule has 0 aliphatic heterocycles. The van der Waals surface area contributed by atoms with Gasteiger partial charge in [0.2, 0.25) is 10.0 Å². The van der Waals surface area contributed by atoms with E-state index in [9.17, 15) is 16.8 Å². The lowest BCUT2D eigenvalue weighted by molar-refractivity contribution is 0.444. The second kappa shape index (κ2) is 7.47. The van der Waals surface area contributed by atoms with Crippen molar-refractivity contribution in [3.05, 3.63) is 39.6 Å². The second-order valence-electron chi connectivity index (χ2n) is 5.51. The summed E-state index contributed by atoms with van der Waals surface area (Å²) in [4.78, 5) is -0.242. The average molecular weight is 440 g/mol. The van der Waals surface area contributed by atoms with Crippen molar-refractivity contribution < 1.29 is 16.8 Å². The van der Waals surface area contributed by atoms with E-state index in [1.165, 1.54) is 36.4 Å². The summed E-state index contributed by atoms with van der Waals surface area (Å²) in [7, 11) is -7.99. The Morgan fingerprint density at radius 2 is 1.62 bits per heavy atom. The molecule has 7 nitrogen and oxygen atoms in total.